The maximum absolute atomic E-state index is 11.3. The van der Waals surface area contributed by atoms with E-state index in [4.69, 9.17) is 9.47 Å². The molecule has 1 aliphatic heterocycles. The molecule has 4 nitrogen and oxygen atoms in total. The molecule has 0 saturated carbocycles. The highest BCUT2D eigenvalue weighted by atomic mass is 32.1. The van der Waals surface area contributed by atoms with E-state index in [-0.39, 0.29) is 0 Å². The number of thiophene rings is 1. The maximum atomic E-state index is 11.3. The minimum absolute atomic E-state index is 0.613. The summed E-state index contributed by atoms with van der Waals surface area (Å²) >= 11 is 1.67. The number of morpholine rings is 1. The summed E-state index contributed by atoms with van der Waals surface area (Å²) in [5.74, 6) is 0.669. The molecule has 2 aromatic rings. The quantitative estimate of drug-likeness (QED) is 0.576. The van der Waals surface area contributed by atoms with E-state index in [9.17, 15) is 4.79 Å². The zero-order chi connectivity index (χ0) is 15.9. The van der Waals surface area contributed by atoms with Gasteiger partial charge in [0.2, 0.25) is 0 Å². The lowest BCUT2D eigenvalue weighted by atomic mass is 10.1. The van der Waals surface area contributed by atoms with Crippen LogP contribution in [0.1, 0.15) is 16.8 Å². The van der Waals surface area contributed by atoms with Crippen molar-refractivity contribution in [1.82, 2.24) is 4.90 Å². The first-order valence-electron chi connectivity index (χ1n) is 7.93. The number of hydrogen-bond donors (Lipinski definition) is 0. The molecule has 1 fully saturated rings. The lowest BCUT2D eigenvalue weighted by Crippen LogP contribution is -2.37. The predicted molar refractivity (Wildman–Crippen MR) is 92.5 cm³/mol. The molecule has 0 spiro atoms. The number of hydrogen-bond acceptors (Lipinski definition) is 5. The minimum atomic E-state index is 0.613. The fourth-order valence-corrected chi connectivity index (χ4v) is 3.39. The summed E-state index contributed by atoms with van der Waals surface area (Å²) < 4.78 is 11.1. The van der Waals surface area contributed by atoms with Crippen molar-refractivity contribution in [3.05, 3.63) is 41.3 Å². The summed E-state index contributed by atoms with van der Waals surface area (Å²) in [6, 6.07) is 9.87. The molecule has 0 bridgehead atoms. The van der Waals surface area contributed by atoms with Gasteiger partial charge >= 0.3 is 0 Å². The molecule has 2 heterocycles. The fourth-order valence-electron chi connectivity index (χ4n) is 2.66. The highest BCUT2D eigenvalue weighted by molar-refractivity contribution is 7.13. The summed E-state index contributed by atoms with van der Waals surface area (Å²) in [6.07, 6.45) is 1.82. The van der Waals surface area contributed by atoms with Crippen molar-refractivity contribution in [2.45, 2.75) is 6.42 Å². The summed E-state index contributed by atoms with van der Waals surface area (Å²) in [5, 5.41) is 2.03. The largest absolute Gasteiger partial charge is 0.493 e. The number of benzene rings is 1. The summed E-state index contributed by atoms with van der Waals surface area (Å²) in [6.45, 7) is 5.26. The molecule has 0 aliphatic carbocycles. The summed E-state index contributed by atoms with van der Waals surface area (Å²) in [4.78, 5) is 14.9. The van der Waals surface area contributed by atoms with E-state index >= 15 is 0 Å². The van der Waals surface area contributed by atoms with E-state index in [1.54, 1.807) is 11.3 Å². The normalized spacial score (nSPS) is 15.5. The van der Waals surface area contributed by atoms with E-state index in [1.165, 1.54) is 0 Å². The molecule has 0 atom stereocenters. The molecule has 23 heavy (non-hydrogen) atoms. The van der Waals surface area contributed by atoms with Gasteiger partial charge in [0.15, 0.2) is 6.29 Å². The van der Waals surface area contributed by atoms with E-state index in [2.05, 4.69) is 11.0 Å². The molecule has 0 unspecified atom stereocenters. The van der Waals surface area contributed by atoms with Gasteiger partial charge in [0.1, 0.15) is 5.75 Å². The fraction of sp³-hybridized carbons (Fsp3) is 0.389. The number of aldehydes is 1. The van der Waals surface area contributed by atoms with Crippen molar-refractivity contribution >= 4 is 17.6 Å². The Bertz CT molecular complexity index is 621. The second-order valence-electron chi connectivity index (χ2n) is 5.50. The van der Waals surface area contributed by atoms with Gasteiger partial charge in [-0.1, -0.05) is 6.07 Å². The second-order valence-corrected chi connectivity index (χ2v) is 6.45. The third-order valence-corrected chi connectivity index (χ3v) is 4.84. The molecule has 0 N–H and O–H groups in total. The van der Waals surface area contributed by atoms with Crippen LogP contribution in [-0.2, 0) is 4.74 Å². The van der Waals surface area contributed by atoms with Crippen LogP contribution in [-0.4, -0.2) is 50.6 Å². The van der Waals surface area contributed by atoms with Crippen LogP contribution in [0.25, 0.3) is 10.4 Å². The van der Waals surface area contributed by atoms with Crippen molar-refractivity contribution in [2.24, 2.45) is 0 Å². The van der Waals surface area contributed by atoms with Gasteiger partial charge in [-0.3, -0.25) is 9.69 Å². The molecule has 1 saturated heterocycles. The topological polar surface area (TPSA) is 38.8 Å². The van der Waals surface area contributed by atoms with Gasteiger partial charge in [0, 0.05) is 24.5 Å². The van der Waals surface area contributed by atoms with Crippen LogP contribution < -0.4 is 4.74 Å². The third-order valence-electron chi connectivity index (χ3n) is 3.92. The summed E-state index contributed by atoms with van der Waals surface area (Å²) in [7, 11) is 0. The Morgan fingerprint density at radius 2 is 2.13 bits per heavy atom. The lowest BCUT2D eigenvalue weighted by Gasteiger charge is -2.26. The first-order chi connectivity index (χ1) is 11.4. The van der Waals surface area contributed by atoms with E-state index in [0.717, 1.165) is 56.0 Å². The Hall–Kier alpha value is -1.69. The molecule has 3 rings (SSSR count). The molecule has 0 amide bonds. The van der Waals surface area contributed by atoms with Gasteiger partial charge in [0.05, 0.1) is 25.4 Å². The molecule has 122 valence electrons. The SMILES string of the molecule is O=Cc1cc(-c2cccs2)ccc1OCCCN1CCOCC1. The summed E-state index contributed by atoms with van der Waals surface area (Å²) in [5.41, 5.74) is 1.67. The zero-order valence-electron chi connectivity index (χ0n) is 13.1. The van der Waals surface area contributed by atoms with Crippen molar-refractivity contribution in [3.8, 4) is 16.2 Å². The van der Waals surface area contributed by atoms with Gasteiger partial charge in [0.25, 0.3) is 0 Å². The number of carbonyl (C=O) groups excluding carboxylic acids is 1. The first kappa shape index (κ1) is 16.2. The molecular formula is C18H21NO3S. The molecule has 1 aromatic carbocycles. The third kappa shape index (κ3) is 4.41. The van der Waals surface area contributed by atoms with Crippen LogP contribution in [0.15, 0.2) is 35.7 Å². The molecule has 0 radical (unpaired) electrons. The van der Waals surface area contributed by atoms with Crippen LogP contribution in [0.3, 0.4) is 0 Å². The van der Waals surface area contributed by atoms with Crippen molar-refractivity contribution < 1.29 is 14.3 Å². The first-order valence-corrected chi connectivity index (χ1v) is 8.81. The van der Waals surface area contributed by atoms with Crippen LogP contribution in [0.5, 0.6) is 5.75 Å². The Labute approximate surface area is 140 Å². The van der Waals surface area contributed by atoms with Gasteiger partial charge < -0.3 is 9.47 Å². The van der Waals surface area contributed by atoms with Crippen molar-refractivity contribution in [1.29, 1.82) is 0 Å². The van der Waals surface area contributed by atoms with Crippen LogP contribution in [0.4, 0.5) is 0 Å². The average molecular weight is 331 g/mol. The van der Waals surface area contributed by atoms with Gasteiger partial charge in [-0.2, -0.15) is 0 Å². The predicted octanol–water partition coefficient (Wildman–Crippen LogP) is 3.33. The number of ether oxygens (including phenoxy) is 2. The van der Waals surface area contributed by atoms with E-state index < -0.39 is 0 Å². The number of carbonyl (C=O) groups is 1. The molecule has 5 heteroatoms. The zero-order valence-corrected chi connectivity index (χ0v) is 13.9. The Balaban J connectivity index is 1.54. The van der Waals surface area contributed by atoms with E-state index in [0.29, 0.717) is 17.9 Å². The Kier molecular flexibility index (Phi) is 5.80. The second kappa shape index (κ2) is 8.24. The van der Waals surface area contributed by atoms with Crippen LogP contribution in [0, 0.1) is 0 Å². The Morgan fingerprint density at radius 1 is 1.26 bits per heavy atom. The van der Waals surface area contributed by atoms with Crippen LogP contribution >= 0.6 is 11.3 Å². The highest BCUT2D eigenvalue weighted by Crippen LogP contribution is 2.29. The highest BCUT2D eigenvalue weighted by Gasteiger charge is 2.10. The maximum Gasteiger partial charge on any atom is 0.153 e. The van der Waals surface area contributed by atoms with Crippen molar-refractivity contribution in [3.63, 3.8) is 0 Å². The van der Waals surface area contributed by atoms with Gasteiger partial charge in [-0.05, 0) is 41.6 Å². The monoisotopic (exact) mass is 331 g/mol. The smallest absolute Gasteiger partial charge is 0.153 e. The van der Waals surface area contributed by atoms with Crippen molar-refractivity contribution in [2.75, 3.05) is 39.5 Å². The average Bonchev–Trinajstić information content (AvgIpc) is 3.14. The Morgan fingerprint density at radius 3 is 2.87 bits per heavy atom. The van der Waals surface area contributed by atoms with Gasteiger partial charge in [-0.25, -0.2) is 0 Å². The lowest BCUT2D eigenvalue weighted by molar-refractivity contribution is 0.0358. The number of nitrogens with zero attached hydrogens (tertiary/aromatic N) is 1. The molecule has 1 aromatic heterocycles. The standard InChI is InChI=1S/C18H21NO3S/c20-14-16-13-15(18-3-1-12-23-18)4-5-17(16)22-9-2-6-19-7-10-21-11-8-19/h1,3-5,12-14H,2,6-11H2. The molecular weight excluding hydrogens is 310 g/mol. The molecule has 1 aliphatic rings. The van der Waals surface area contributed by atoms with Crippen LogP contribution in [0.2, 0.25) is 0 Å². The minimum Gasteiger partial charge on any atom is -0.493 e. The van der Waals surface area contributed by atoms with E-state index in [1.807, 2.05) is 29.6 Å². The number of rotatable bonds is 7. The van der Waals surface area contributed by atoms with Gasteiger partial charge in [-0.15, -0.1) is 11.3 Å².